The van der Waals surface area contributed by atoms with Gasteiger partial charge in [0.15, 0.2) is 0 Å². The molecule has 1 rings (SSSR count). The Kier molecular flexibility index (Phi) is 1.63. The van der Waals surface area contributed by atoms with Crippen molar-refractivity contribution in [2.24, 2.45) is 5.73 Å². The maximum Gasteiger partial charge on any atom is 0.288 e. The third-order valence-corrected chi connectivity index (χ3v) is 1.46. The van der Waals surface area contributed by atoms with Gasteiger partial charge in [0.1, 0.15) is 5.02 Å². The van der Waals surface area contributed by atoms with E-state index < -0.39 is 5.91 Å². The smallest absolute Gasteiger partial charge is 0.288 e. The van der Waals surface area contributed by atoms with Gasteiger partial charge in [0.05, 0.1) is 5.69 Å². The minimum absolute atomic E-state index is 0.0841. The van der Waals surface area contributed by atoms with Crippen LogP contribution in [0.15, 0.2) is 4.52 Å². The number of halogens is 1. The van der Waals surface area contributed by atoms with Crippen molar-refractivity contribution < 1.29 is 9.32 Å². The van der Waals surface area contributed by atoms with Crippen LogP contribution in [0.3, 0.4) is 0 Å². The van der Waals surface area contributed by atoms with E-state index in [1.54, 1.807) is 6.92 Å². The summed E-state index contributed by atoms with van der Waals surface area (Å²) in [7, 11) is 0. The monoisotopic (exact) mass is 160 g/mol. The summed E-state index contributed by atoms with van der Waals surface area (Å²) in [5, 5.41) is 3.62. The molecule has 1 heterocycles. The molecule has 1 aromatic heterocycles. The quantitative estimate of drug-likeness (QED) is 0.659. The molecule has 54 valence electrons. The number of carbonyl (C=O) groups is 1. The van der Waals surface area contributed by atoms with Crippen molar-refractivity contribution in [3.8, 4) is 0 Å². The van der Waals surface area contributed by atoms with Crippen LogP contribution in [-0.4, -0.2) is 11.1 Å². The van der Waals surface area contributed by atoms with Gasteiger partial charge >= 0.3 is 0 Å². The number of nitrogens with two attached hydrogens (primary N) is 1. The lowest BCUT2D eigenvalue weighted by molar-refractivity contribution is 0.0965. The van der Waals surface area contributed by atoms with Crippen molar-refractivity contribution in [1.29, 1.82) is 0 Å². The molecule has 10 heavy (non-hydrogen) atoms. The molecule has 4 nitrogen and oxygen atoms in total. The van der Waals surface area contributed by atoms with E-state index in [1.165, 1.54) is 0 Å². The Morgan fingerprint density at radius 1 is 1.80 bits per heavy atom. The van der Waals surface area contributed by atoms with Gasteiger partial charge in [-0.15, -0.1) is 0 Å². The summed E-state index contributed by atoms with van der Waals surface area (Å²) in [6.45, 7) is 1.62. The van der Waals surface area contributed by atoms with E-state index in [0.717, 1.165) is 0 Å². The number of hydrogen-bond acceptors (Lipinski definition) is 3. The summed E-state index contributed by atoms with van der Waals surface area (Å²) in [6, 6.07) is 0. The van der Waals surface area contributed by atoms with Crippen LogP contribution in [-0.2, 0) is 0 Å². The zero-order valence-electron chi connectivity index (χ0n) is 5.22. The lowest BCUT2D eigenvalue weighted by atomic mass is 10.4. The first-order chi connectivity index (χ1) is 4.63. The van der Waals surface area contributed by atoms with Crippen LogP contribution in [0, 0.1) is 6.92 Å². The molecule has 0 aliphatic rings. The number of carbonyl (C=O) groups excluding carboxylic acids is 1. The average molecular weight is 161 g/mol. The zero-order valence-corrected chi connectivity index (χ0v) is 5.97. The lowest BCUT2D eigenvalue weighted by Crippen LogP contribution is -2.09. The highest BCUT2D eigenvalue weighted by molar-refractivity contribution is 6.33. The molecule has 0 aliphatic carbocycles. The van der Waals surface area contributed by atoms with Gasteiger partial charge < -0.3 is 10.3 Å². The fourth-order valence-corrected chi connectivity index (χ4v) is 0.674. The number of aromatic nitrogens is 1. The number of nitrogens with zero attached hydrogens (tertiary/aromatic N) is 1. The summed E-state index contributed by atoms with van der Waals surface area (Å²) in [4.78, 5) is 10.4. The van der Waals surface area contributed by atoms with Crippen molar-refractivity contribution in [1.82, 2.24) is 5.16 Å². The second-order valence-corrected chi connectivity index (χ2v) is 2.15. The number of primary amides is 1. The zero-order chi connectivity index (χ0) is 7.72. The van der Waals surface area contributed by atoms with Crippen molar-refractivity contribution in [3.05, 3.63) is 16.5 Å². The van der Waals surface area contributed by atoms with E-state index in [9.17, 15) is 4.79 Å². The second kappa shape index (κ2) is 2.30. The molecule has 0 saturated carbocycles. The first-order valence-corrected chi connectivity index (χ1v) is 2.92. The minimum Gasteiger partial charge on any atom is -0.363 e. The van der Waals surface area contributed by atoms with E-state index in [1.807, 2.05) is 0 Å². The molecule has 0 spiro atoms. The van der Waals surface area contributed by atoms with Crippen LogP contribution in [0.4, 0.5) is 0 Å². The van der Waals surface area contributed by atoms with E-state index in [4.69, 9.17) is 17.3 Å². The SMILES string of the molecule is Cc1noc(C(N)=O)c1Cl. The van der Waals surface area contributed by atoms with Gasteiger partial charge in [0.25, 0.3) is 5.91 Å². The molecular formula is C5H5ClN2O2. The third kappa shape index (κ3) is 0.974. The van der Waals surface area contributed by atoms with E-state index in [0.29, 0.717) is 5.69 Å². The summed E-state index contributed by atoms with van der Waals surface area (Å²) in [5.41, 5.74) is 5.34. The predicted octanol–water partition coefficient (Wildman–Crippen LogP) is 0.735. The highest BCUT2D eigenvalue weighted by atomic mass is 35.5. The molecule has 1 amide bonds. The maximum absolute atomic E-state index is 10.4. The number of hydrogen-bond donors (Lipinski definition) is 1. The van der Waals surface area contributed by atoms with Crippen molar-refractivity contribution in [2.45, 2.75) is 6.92 Å². The largest absolute Gasteiger partial charge is 0.363 e. The fraction of sp³-hybridized carbons (Fsp3) is 0.200. The molecule has 0 fully saturated rings. The Morgan fingerprint density at radius 2 is 2.40 bits per heavy atom. The summed E-state index contributed by atoms with van der Waals surface area (Å²) >= 11 is 5.55. The van der Waals surface area contributed by atoms with Crippen LogP contribution in [0.25, 0.3) is 0 Å². The van der Waals surface area contributed by atoms with E-state index in [2.05, 4.69) is 9.68 Å². The number of aryl methyl sites for hydroxylation is 1. The van der Waals surface area contributed by atoms with Gasteiger partial charge in [-0.25, -0.2) is 0 Å². The van der Waals surface area contributed by atoms with E-state index in [-0.39, 0.29) is 10.8 Å². The molecule has 0 unspecified atom stereocenters. The van der Waals surface area contributed by atoms with Gasteiger partial charge in [0, 0.05) is 0 Å². The molecule has 0 atom stereocenters. The number of rotatable bonds is 1. The highest BCUT2D eigenvalue weighted by Gasteiger charge is 2.14. The molecule has 5 heteroatoms. The molecule has 2 N–H and O–H groups in total. The molecule has 0 aliphatic heterocycles. The van der Waals surface area contributed by atoms with Crippen LogP contribution < -0.4 is 5.73 Å². The van der Waals surface area contributed by atoms with Gasteiger partial charge in [-0.1, -0.05) is 16.8 Å². The van der Waals surface area contributed by atoms with Crippen molar-refractivity contribution in [2.75, 3.05) is 0 Å². The first kappa shape index (κ1) is 7.08. The van der Waals surface area contributed by atoms with Crippen molar-refractivity contribution in [3.63, 3.8) is 0 Å². The van der Waals surface area contributed by atoms with Crippen LogP contribution >= 0.6 is 11.6 Å². The Labute approximate surface area is 61.9 Å². The summed E-state index contributed by atoms with van der Waals surface area (Å²) < 4.78 is 4.50. The van der Waals surface area contributed by atoms with Crippen LogP contribution in [0.1, 0.15) is 16.2 Å². The maximum atomic E-state index is 10.4. The van der Waals surface area contributed by atoms with Gasteiger partial charge in [-0.05, 0) is 6.92 Å². The summed E-state index contributed by atoms with van der Waals surface area (Å²) in [5.74, 6) is -0.787. The molecular weight excluding hydrogens is 156 g/mol. The van der Waals surface area contributed by atoms with Gasteiger partial charge in [0.2, 0.25) is 5.76 Å². The fourth-order valence-electron chi connectivity index (χ4n) is 0.512. The third-order valence-electron chi connectivity index (χ3n) is 1.01. The lowest BCUT2D eigenvalue weighted by Gasteiger charge is -1.83. The molecule has 0 radical (unpaired) electrons. The minimum atomic E-state index is -0.703. The Morgan fingerprint density at radius 3 is 2.60 bits per heavy atom. The van der Waals surface area contributed by atoms with Crippen molar-refractivity contribution >= 4 is 17.5 Å². The highest BCUT2D eigenvalue weighted by Crippen LogP contribution is 2.18. The molecule has 0 saturated heterocycles. The predicted molar refractivity (Wildman–Crippen MR) is 34.8 cm³/mol. The number of amides is 1. The standard InChI is InChI=1S/C5H5ClN2O2/c1-2-3(6)4(5(7)9)10-8-2/h1H3,(H2,7,9). The van der Waals surface area contributed by atoms with Crippen LogP contribution in [0.5, 0.6) is 0 Å². The van der Waals surface area contributed by atoms with E-state index >= 15 is 0 Å². The van der Waals surface area contributed by atoms with Gasteiger partial charge in [-0.2, -0.15) is 0 Å². The average Bonchev–Trinajstić information content (AvgIpc) is 2.14. The first-order valence-electron chi connectivity index (χ1n) is 2.54. The topological polar surface area (TPSA) is 69.1 Å². The van der Waals surface area contributed by atoms with Crippen LogP contribution in [0.2, 0.25) is 5.02 Å². The normalized spacial score (nSPS) is 9.80. The molecule has 0 aromatic carbocycles. The second-order valence-electron chi connectivity index (χ2n) is 1.78. The Bertz CT molecular complexity index is 269. The summed E-state index contributed by atoms with van der Waals surface area (Å²) in [6.07, 6.45) is 0. The molecule has 0 bridgehead atoms. The Balaban J connectivity index is 3.17. The molecule has 1 aromatic rings. The Hall–Kier alpha value is -1.03. The van der Waals surface area contributed by atoms with Gasteiger partial charge in [-0.3, -0.25) is 4.79 Å².